The number of thiophene rings is 1. The zero-order valence-electron chi connectivity index (χ0n) is 16.6. The Morgan fingerprint density at radius 1 is 1.34 bits per heavy atom. The molecule has 2 N–H and O–H groups in total. The Morgan fingerprint density at radius 3 is 2.83 bits per heavy atom. The summed E-state index contributed by atoms with van der Waals surface area (Å²) in [4.78, 5) is 37.6. The number of rotatable bonds is 8. The monoisotopic (exact) mass is 419 g/mol. The van der Waals surface area contributed by atoms with Gasteiger partial charge in [-0.3, -0.25) is 9.48 Å². The van der Waals surface area contributed by atoms with Crippen molar-refractivity contribution < 1.29 is 24.2 Å². The van der Waals surface area contributed by atoms with E-state index >= 15 is 0 Å². The molecule has 0 spiro atoms. The van der Waals surface area contributed by atoms with E-state index in [1.807, 2.05) is 13.8 Å². The Morgan fingerprint density at radius 2 is 2.10 bits per heavy atom. The second-order valence-corrected chi connectivity index (χ2v) is 8.19. The van der Waals surface area contributed by atoms with Crippen molar-refractivity contribution in [3.05, 3.63) is 34.0 Å². The number of aryl methyl sites for hydroxylation is 2. The molecule has 0 saturated heterocycles. The summed E-state index contributed by atoms with van der Waals surface area (Å²) in [5, 5.41) is 16.4. The van der Waals surface area contributed by atoms with Gasteiger partial charge in [0.2, 0.25) is 5.91 Å². The fourth-order valence-corrected chi connectivity index (χ4v) is 4.58. The largest absolute Gasteiger partial charge is 0.477 e. The van der Waals surface area contributed by atoms with E-state index in [9.17, 15) is 14.4 Å². The third-order valence-corrected chi connectivity index (χ3v) is 6.21. The van der Waals surface area contributed by atoms with Crippen LogP contribution in [0.5, 0.6) is 0 Å². The van der Waals surface area contributed by atoms with E-state index < -0.39 is 11.9 Å². The number of carboxylic acids is 1. The highest BCUT2D eigenvalue weighted by Crippen LogP contribution is 2.38. The molecule has 2 heterocycles. The molecule has 29 heavy (non-hydrogen) atoms. The van der Waals surface area contributed by atoms with Gasteiger partial charge in [-0.2, -0.15) is 5.10 Å². The zero-order chi connectivity index (χ0) is 21.0. The van der Waals surface area contributed by atoms with Crippen LogP contribution in [0.3, 0.4) is 0 Å². The molecule has 1 amide bonds. The molecule has 0 fully saturated rings. The van der Waals surface area contributed by atoms with Gasteiger partial charge in [-0.1, -0.05) is 6.92 Å². The lowest BCUT2D eigenvalue weighted by Crippen LogP contribution is -2.20. The Labute approximate surface area is 172 Å². The third kappa shape index (κ3) is 4.84. The number of aromatic nitrogens is 2. The standard InChI is InChI=1S/C20H25N3O5S/c1-3-12(2)28-20(27)17-13-6-4-5-7-15(13)29-18(17)22-16(24)9-11-23-14(19(25)26)8-10-21-23/h8,10,12H,3-7,9,11H2,1-2H3,(H,22,24)(H,25,26). The quantitative estimate of drug-likeness (QED) is 0.634. The molecule has 8 nitrogen and oxygen atoms in total. The van der Waals surface area contributed by atoms with Crippen LogP contribution in [-0.4, -0.2) is 38.8 Å². The molecule has 2 aromatic heterocycles. The van der Waals surface area contributed by atoms with Gasteiger partial charge in [0.05, 0.1) is 18.2 Å². The number of carbonyl (C=O) groups is 3. The van der Waals surface area contributed by atoms with Crippen molar-refractivity contribution in [2.75, 3.05) is 5.32 Å². The van der Waals surface area contributed by atoms with Crippen LogP contribution in [0.2, 0.25) is 0 Å². The molecule has 0 saturated carbocycles. The summed E-state index contributed by atoms with van der Waals surface area (Å²) in [5.74, 6) is -1.79. The van der Waals surface area contributed by atoms with Gasteiger partial charge in [0, 0.05) is 17.5 Å². The molecule has 2 aromatic rings. The predicted molar refractivity (Wildman–Crippen MR) is 109 cm³/mol. The highest BCUT2D eigenvalue weighted by Gasteiger charge is 2.28. The topological polar surface area (TPSA) is 111 Å². The van der Waals surface area contributed by atoms with Crippen molar-refractivity contribution in [3.63, 3.8) is 0 Å². The maximum atomic E-state index is 12.8. The van der Waals surface area contributed by atoms with E-state index in [0.29, 0.717) is 10.6 Å². The third-order valence-electron chi connectivity index (χ3n) is 5.00. The summed E-state index contributed by atoms with van der Waals surface area (Å²) in [6.45, 7) is 3.93. The van der Waals surface area contributed by atoms with E-state index in [2.05, 4.69) is 10.4 Å². The second-order valence-electron chi connectivity index (χ2n) is 7.08. The average Bonchev–Trinajstić information content (AvgIpc) is 3.30. The van der Waals surface area contributed by atoms with Crippen LogP contribution in [0.1, 0.15) is 70.8 Å². The molecule has 3 rings (SSSR count). The summed E-state index contributed by atoms with van der Waals surface area (Å²) < 4.78 is 6.81. The van der Waals surface area contributed by atoms with Gasteiger partial charge in [-0.25, -0.2) is 9.59 Å². The second kappa shape index (κ2) is 9.21. The van der Waals surface area contributed by atoms with Crippen molar-refractivity contribution in [3.8, 4) is 0 Å². The van der Waals surface area contributed by atoms with E-state index in [-0.39, 0.29) is 30.7 Å². The Hall–Kier alpha value is -2.68. The number of nitrogens with one attached hydrogen (secondary N) is 1. The lowest BCUT2D eigenvalue weighted by atomic mass is 9.95. The van der Waals surface area contributed by atoms with Crippen molar-refractivity contribution in [1.29, 1.82) is 0 Å². The highest BCUT2D eigenvalue weighted by molar-refractivity contribution is 7.17. The number of esters is 1. The van der Waals surface area contributed by atoms with Gasteiger partial charge in [0.25, 0.3) is 0 Å². The lowest BCUT2D eigenvalue weighted by molar-refractivity contribution is -0.116. The van der Waals surface area contributed by atoms with Crippen molar-refractivity contribution >= 4 is 34.2 Å². The number of aromatic carboxylic acids is 1. The predicted octanol–water partition coefficient (Wildman–Crippen LogP) is 3.51. The average molecular weight is 420 g/mol. The molecule has 9 heteroatoms. The highest BCUT2D eigenvalue weighted by atomic mass is 32.1. The maximum absolute atomic E-state index is 12.8. The number of carboxylic acid groups (broad SMARTS) is 1. The summed E-state index contributed by atoms with van der Waals surface area (Å²) >= 11 is 1.44. The Balaban J connectivity index is 1.74. The molecular formula is C20H25N3O5S. The number of ether oxygens (including phenoxy) is 1. The number of hydrogen-bond acceptors (Lipinski definition) is 6. The first-order valence-electron chi connectivity index (χ1n) is 9.81. The minimum absolute atomic E-state index is 0.0298. The van der Waals surface area contributed by atoms with E-state index in [4.69, 9.17) is 9.84 Å². The molecule has 0 aliphatic heterocycles. The van der Waals surface area contributed by atoms with Crippen LogP contribution >= 0.6 is 11.3 Å². The van der Waals surface area contributed by atoms with E-state index in [1.54, 1.807) is 0 Å². The van der Waals surface area contributed by atoms with Gasteiger partial charge in [0.15, 0.2) is 0 Å². The van der Waals surface area contributed by atoms with Crippen LogP contribution in [0.4, 0.5) is 5.00 Å². The lowest BCUT2D eigenvalue weighted by Gasteiger charge is -2.15. The number of hydrogen-bond donors (Lipinski definition) is 2. The first-order valence-corrected chi connectivity index (χ1v) is 10.6. The number of carbonyl (C=O) groups excluding carboxylic acids is 2. The number of amides is 1. The minimum Gasteiger partial charge on any atom is -0.477 e. The van der Waals surface area contributed by atoms with Gasteiger partial charge in [-0.05, 0) is 50.7 Å². The SMILES string of the molecule is CCC(C)OC(=O)c1c(NC(=O)CCn2nccc2C(=O)O)sc2c1CCCC2. The number of anilines is 1. The van der Waals surface area contributed by atoms with Crippen LogP contribution in [-0.2, 0) is 28.9 Å². The molecule has 0 bridgehead atoms. The Bertz CT molecular complexity index is 917. The van der Waals surface area contributed by atoms with Gasteiger partial charge < -0.3 is 15.2 Å². The summed E-state index contributed by atoms with van der Waals surface area (Å²) in [6, 6.07) is 1.39. The first kappa shape index (κ1) is 21.0. The zero-order valence-corrected chi connectivity index (χ0v) is 17.4. The van der Waals surface area contributed by atoms with Gasteiger partial charge in [0.1, 0.15) is 10.7 Å². The van der Waals surface area contributed by atoms with E-state index in [1.165, 1.54) is 28.3 Å². The molecule has 0 aromatic carbocycles. The molecular weight excluding hydrogens is 394 g/mol. The maximum Gasteiger partial charge on any atom is 0.354 e. The van der Waals surface area contributed by atoms with Crippen molar-refractivity contribution in [1.82, 2.24) is 9.78 Å². The molecule has 1 unspecified atom stereocenters. The van der Waals surface area contributed by atoms with Crippen LogP contribution < -0.4 is 5.32 Å². The first-order chi connectivity index (χ1) is 13.9. The normalized spacial score (nSPS) is 14.1. The molecule has 0 radical (unpaired) electrons. The molecule has 1 atom stereocenters. The van der Waals surface area contributed by atoms with Crippen molar-refractivity contribution in [2.24, 2.45) is 0 Å². The summed E-state index contributed by atoms with van der Waals surface area (Å²) in [6.07, 6.45) is 5.74. The number of fused-ring (bicyclic) bond motifs is 1. The van der Waals surface area contributed by atoms with Crippen molar-refractivity contribution in [2.45, 2.75) is 65.0 Å². The van der Waals surface area contributed by atoms with Crippen LogP contribution in [0, 0.1) is 0 Å². The molecule has 1 aliphatic rings. The van der Waals surface area contributed by atoms with E-state index in [0.717, 1.165) is 42.5 Å². The minimum atomic E-state index is -1.09. The van der Waals surface area contributed by atoms with Gasteiger partial charge >= 0.3 is 11.9 Å². The van der Waals surface area contributed by atoms with Gasteiger partial charge in [-0.15, -0.1) is 11.3 Å². The summed E-state index contributed by atoms with van der Waals surface area (Å²) in [5.41, 5.74) is 1.50. The Kier molecular flexibility index (Phi) is 6.68. The fourth-order valence-electron chi connectivity index (χ4n) is 3.28. The molecule has 156 valence electrons. The summed E-state index contributed by atoms with van der Waals surface area (Å²) in [7, 11) is 0. The number of nitrogens with zero attached hydrogens (tertiary/aromatic N) is 2. The van der Waals surface area contributed by atoms with Crippen LogP contribution in [0.25, 0.3) is 0 Å². The van der Waals surface area contributed by atoms with Crippen LogP contribution in [0.15, 0.2) is 12.3 Å². The molecule has 1 aliphatic carbocycles. The fraction of sp³-hybridized carbons (Fsp3) is 0.500. The smallest absolute Gasteiger partial charge is 0.354 e.